The third kappa shape index (κ3) is 1.96. The van der Waals surface area contributed by atoms with Gasteiger partial charge < -0.3 is 10.3 Å². The molecular weight excluding hydrogens is 176 g/mol. The molecule has 0 amide bonds. The van der Waals surface area contributed by atoms with Crippen molar-refractivity contribution < 1.29 is 0 Å². The number of aromatic amines is 1. The second-order valence-corrected chi connectivity index (χ2v) is 4.06. The van der Waals surface area contributed by atoms with Gasteiger partial charge in [-0.3, -0.25) is 4.90 Å². The van der Waals surface area contributed by atoms with Crippen LogP contribution in [0.15, 0.2) is 12.4 Å². The minimum absolute atomic E-state index is 0.587. The quantitative estimate of drug-likeness (QED) is 0.724. The molecule has 2 atom stereocenters. The van der Waals surface area contributed by atoms with Gasteiger partial charge in [-0.25, -0.2) is 4.98 Å². The highest BCUT2D eigenvalue weighted by Crippen LogP contribution is 2.12. The van der Waals surface area contributed by atoms with E-state index in [1.165, 1.54) is 0 Å². The van der Waals surface area contributed by atoms with Gasteiger partial charge in [-0.05, 0) is 13.8 Å². The number of nitrogens with one attached hydrogen (secondary N) is 2. The molecule has 1 saturated heterocycles. The first-order valence-electron chi connectivity index (χ1n) is 5.22. The first-order valence-corrected chi connectivity index (χ1v) is 5.22. The smallest absolute Gasteiger partial charge is 0.120 e. The summed E-state index contributed by atoms with van der Waals surface area (Å²) in [5.41, 5.74) is 0. The topological polar surface area (TPSA) is 44.0 Å². The van der Waals surface area contributed by atoms with Gasteiger partial charge in [-0.15, -0.1) is 0 Å². The van der Waals surface area contributed by atoms with Gasteiger partial charge in [0, 0.05) is 37.6 Å². The molecule has 0 spiro atoms. The van der Waals surface area contributed by atoms with Crippen LogP contribution < -0.4 is 5.32 Å². The van der Waals surface area contributed by atoms with Gasteiger partial charge in [-0.1, -0.05) is 0 Å². The molecule has 78 valence electrons. The van der Waals surface area contributed by atoms with Gasteiger partial charge in [0.2, 0.25) is 0 Å². The fourth-order valence-corrected chi connectivity index (χ4v) is 2.04. The lowest BCUT2D eigenvalue weighted by molar-refractivity contribution is 0.106. The molecule has 1 aromatic heterocycles. The largest absolute Gasteiger partial charge is 0.348 e. The van der Waals surface area contributed by atoms with E-state index in [9.17, 15) is 0 Å². The Bertz CT molecular complexity index is 260. The summed E-state index contributed by atoms with van der Waals surface area (Å²) in [5.74, 6) is 1.06. The Hall–Kier alpha value is -0.870. The van der Waals surface area contributed by atoms with Crippen molar-refractivity contribution in [2.75, 3.05) is 13.1 Å². The monoisotopic (exact) mass is 194 g/mol. The van der Waals surface area contributed by atoms with Crippen LogP contribution in [0.2, 0.25) is 0 Å². The second-order valence-electron chi connectivity index (χ2n) is 4.06. The molecule has 0 aromatic carbocycles. The highest BCUT2D eigenvalue weighted by Gasteiger charge is 2.24. The molecule has 2 rings (SSSR count). The van der Waals surface area contributed by atoms with Crippen molar-refractivity contribution >= 4 is 0 Å². The predicted molar refractivity (Wildman–Crippen MR) is 55.9 cm³/mol. The normalized spacial score (nSPS) is 29.3. The van der Waals surface area contributed by atoms with E-state index in [2.05, 4.69) is 34.0 Å². The van der Waals surface area contributed by atoms with Gasteiger partial charge in [0.05, 0.1) is 6.54 Å². The molecule has 14 heavy (non-hydrogen) atoms. The summed E-state index contributed by atoms with van der Waals surface area (Å²) in [4.78, 5) is 9.90. The van der Waals surface area contributed by atoms with Crippen molar-refractivity contribution in [1.82, 2.24) is 20.2 Å². The zero-order valence-electron chi connectivity index (χ0n) is 8.83. The van der Waals surface area contributed by atoms with E-state index in [1.54, 1.807) is 0 Å². The number of nitrogens with zero attached hydrogens (tertiary/aromatic N) is 2. The van der Waals surface area contributed by atoms with Crippen LogP contribution in [0.25, 0.3) is 0 Å². The van der Waals surface area contributed by atoms with Crippen LogP contribution in [-0.4, -0.2) is 40.0 Å². The zero-order valence-corrected chi connectivity index (χ0v) is 8.83. The summed E-state index contributed by atoms with van der Waals surface area (Å²) < 4.78 is 0. The molecule has 2 N–H and O–H groups in total. The third-order valence-corrected chi connectivity index (χ3v) is 2.90. The standard InChI is InChI=1S/C10H18N4/c1-8-5-11-6-9(2)14(8)7-10-12-3-4-13-10/h3-4,8-9,11H,5-7H2,1-2H3,(H,12,13). The lowest BCUT2D eigenvalue weighted by Gasteiger charge is -2.38. The average Bonchev–Trinajstić information content (AvgIpc) is 2.64. The number of piperazine rings is 1. The van der Waals surface area contributed by atoms with Crippen LogP contribution >= 0.6 is 0 Å². The van der Waals surface area contributed by atoms with E-state index in [0.29, 0.717) is 12.1 Å². The maximum Gasteiger partial charge on any atom is 0.120 e. The Morgan fingerprint density at radius 1 is 1.43 bits per heavy atom. The van der Waals surface area contributed by atoms with Crippen molar-refractivity contribution in [3.8, 4) is 0 Å². The Morgan fingerprint density at radius 2 is 2.14 bits per heavy atom. The Kier molecular flexibility index (Phi) is 2.84. The Labute approximate surface area is 84.7 Å². The summed E-state index contributed by atoms with van der Waals surface area (Å²) >= 11 is 0. The lowest BCUT2D eigenvalue weighted by atomic mass is 10.1. The molecule has 0 aliphatic carbocycles. The predicted octanol–water partition coefficient (Wildman–Crippen LogP) is 0.592. The minimum Gasteiger partial charge on any atom is -0.348 e. The van der Waals surface area contributed by atoms with Crippen LogP contribution in [0.3, 0.4) is 0 Å². The minimum atomic E-state index is 0.587. The van der Waals surface area contributed by atoms with E-state index in [-0.39, 0.29) is 0 Å². The van der Waals surface area contributed by atoms with Gasteiger partial charge in [0.25, 0.3) is 0 Å². The molecule has 2 unspecified atom stereocenters. The van der Waals surface area contributed by atoms with Crippen LogP contribution in [0.1, 0.15) is 19.7 Å². The number of imidazole rings is 1. The summed E-state index contributed by atoms with van der Waals surface area (Å²) in [6.45, 7) is 7.59. The molecule has 4 heteroatoms. The molecule has 0 saturated carbocycles. The van der Waals surface area contributed by atoms with Crippen molar-refractivity contribution in [3.63, 3.8) is 0 Å². The first kappa shape index (κ1) is 9.68. The zero-order chi connectivity index (χ0) is 9.97. The molecule has 4 nitrogen and oxygen atoms in total. The van der Waals surface area contributed by atoms with Crippen molar-refractivity contribution in [2.24, 2.45) is 0 Å². The first-order chi connectivity index (χ1) is 6.77. The summed E-state index contributed by atoms with van der Waals surface area (Å²) in [7, 11) is 0. The van der Waals surface area contributed by atoms with Crippen LogP contribution in [0.4, 0.5) is 0 Å². The van der Waals surface area contributed by atoms with Crippen molar-refractivity contribution in [3.05, 3.63) is 18.2 Å². The highest BCUT2D eigenvalue weighted by atomic mass is 15.3. The molecule has 1 aliphatic heterocycles. The van der Waals surface area contributed by atoms with E-state index in [1.807, 2.05) is 12.4 Å². The number of hydrogen-bond acceptors (Lipinski definition) is 3. The fraction of sp³-hybridized carbons (Fsp3) is 0.700. The SMILES string of the molecule is CC1CNCC(C)N1Cc1ncc[nH]1. The maximum absolute atomic E-state index is 4.26. The second kappa shape index (κ2) is 4.11. The number of hydrogen-bond donors (Lipinski definition) is 2. The molecule has 2 heterocycles. The van der Waals surface area contributed by atoms with Crippen LogP contribution in [0.5, 0.6) is 0 Å². The Balaban J connectivity index is 2.01. The van der Waals surface area contributed by atoms with Gasteiger partial charge >= 0.3 is 0 Å². The van der Waals surface area contributed by atoms with E-state index in [4.69, 9.17) is 0 Å². The fourth-order valence-electron chi connectivity index (χ4n) is 2.04. The van der Waals surface area contributed by atoms with E-state index >= 15 is 0 Å². The lowest BCUT2D eigenvalue weighted by Crippen LogP contribution is -2.54. The van der Waals surface area contributed by atoms with Crippen molar-refractivity contribution in [2.45, 2.75) is 32.5 Å². The number of aromatic nitrogens is 2. The van der Waals surface area contributed by atoms with Crippen LogP contribution in [0, 0.1) is 0 Å². The van der Waals surface area contributed by atoms with Gasteiger partial charge in [0.1, 0.15) is 5.82 Å². The molecule has 1 fully saturated rings. The number of rotatable bonds is 2. The average molecular weight is 194 g/mol. The number of H-pyrrole nitrogens is 1. The van der Waals surface area contributed by atoms with E-state index < -0.39 is 0 Å². The molecular formula is C10H18N4. The van der Waals surface area contributed by atoms with Gasteiger partial charge in [-0.2, -0.15) is 0 Å². The Morgan fingerprint density at radius 3 is 2.71 bits per heavy atom. The van der Waals surface area contributed by atoms with E-state index in [0.717, 1.165) is 25.5 Å². The summed E-state index contributed by atoms with van der Waals surface area (Å²) in [6.07, 6.45) is 3.69. The maximum atomic E-state index is 4.26. The highest BCUT2D eigenvalue weighted by molar-refractivity contribution is 4.91. The molecule has 1 aromatic rings. The molecule has 0 radical (unpaired) electrons. The summed E-state index contributed by atoms with van der Waals surface area (Å²) in [5, 5.41) is 3.42. The van der Waals surface area contributed by atoms with Crippen molar-refractivity contribution in [1.29, 1.82) is 0 Å². The molecule has 0 bridgehead atoms. The summed E-state index contributed by atoms with van der Waals surface area (Å²) in [6, 6.07) is 1.17. The van der Waals surface area contributed by atoms with Crippen LogP contribution in [-0.2, 0) is 6.54 Å². The molecule has 1 aliphatic rings. The third-order valence-electron chi connectivity index (χ3n) is 2.90. The van der Waals surface area contributed by atoms with Gasteiger partial charge in [0.15, 0.2) is 0 Å².